The largest absolute Gasteiger partial charge is 0.327 e. The highest BCUT2D eigenvalue weighted by atomic mass is 16.2. The minimum absolute atomic E-state index is 0.0506. The number of likely N-dealkylation sites (tertiary alicyclic amines) is 1. The van der Waals surface area contributed by atoms with Gasteiger partial charge in [0.05, 0.1) is 12.2 Å². The molecule has 1 aliphatic heterocycles. The average Bonchev–Trinajstić information content (AvgIpc) is 2.59. The Morgan fingerprint density at radius 1 is 1.24 bits per heavy atom. The lowest BCUT2D eigenvalue weighted by Crippen LogP contribution is -2.54. The fourth-order valence-corrected chi connectivity index (χ4v) is 3.82. The predicted octanol–water partition coefficient (Wildman–Crippen LogP) is 3.25. The van der Waals surface area contributed by atoms with Gasteiger partial charge in [-0.05, 0) is 30.2 Å². The van der Waals surface area contributed by atoms with Crippen LogP contribution < -0.4 is 10.6 Å². The third-order valence-corrected chi connectivity index (χ3v) is 5.42. The summed E-state index contributed by atoms with van der Waals surface area (Å²) in [5.74, 6) is 0.158. The van der Waals surface area contributed by atoms with E-state index in [0.29, 0.717) is 13.1 Å². The maximum Gasteiger partial charge on any atom is 0.241 e. The van der Waals surface area contributed by atoms with Crippen LogP contribution in [0.2, 0.25) is 0 Å². The fraction of sp³-hybridized carbons (Fsp3) is 0.476. The summed E-state index contributed by atoms with van der Waals surface area (Å²) in [5.41, 5.74) is 7.27. The number of rotatable bonds is 4. The highest BCUT2D eigenvalue weighted by molar-refractivity contribution is 6.04. The Hall–Kier alpha value is -1.91. The first kappa shape index (κ1) is 17.9. The lowest BCUT2D eigenvalue weighted by atomic mass is 9.80. The molecular weight excluding hydrogens is 310 g/mol. The average molecular weight is 339 g/mol. The van der Waals surface area contributed by atoms with Gasteiger partial charge in [-0.2, -0.15) is 0 Å². The number of anilines is 1. The molecular formula is C21H29N3O. The van der Waals surface area contributed by atoms with Crippen LogP contribution in [0.25, 0.3) is 10.8 Å². The quantitative estimate of drug-likeness (QED) is 0.930. The summed E-state index contributed by atoms with van der Waals surface area (Å²) in [5, 5.41) is 2.29. The normalized spacial score (nSPS) is 20.6. The minimum atomic E-state index is 0.0506. The van der Waals surface area contributed by atoms with Crippen molar-refractivity contribution in [2.45, 2.75) is 33.2 Å². The second kappa shape index (κ2) is 7.14. The number of carbonyl (C=O) groups is 1. The van der Waals surface area contributed by atoms with E-state index in [9.17, 15) is 4.79 Å². The van der Waals surface area contributed by atoms with E-state index in [2.05, 4.69) is 36.9 Å². The zero-order valence-electron chi connectivity index (χ0n) is 15.5. The summed E-state index contributed by atoms with van der Waals surface area (Å²) >= 11 is 0. The molecule has 0 radical (unpaired) electrons. The van der Waals surface area contributed by atoms with E-state index in [0.717, 1.165) is 36.0 Å². The molecule has 1 fully saturated rings. The van der Waals surface area contributed by atoms with Crippen molar-refractivity contribution >= 4 is 22.4 Å². The zero-order chi connectivity index (χ0) is 18.0. The van der Waals surface area contributed by atoms with E-state index in [1.54, 1.807) is 0 Å². The van der Waals surface area contributed by atoms with Crippen LogP contribution >= 0.6 is 0 Å². The van der Waals surface area contributed by atoms with E-state index in [4.69, 9.17) is 5.73 Å². The lowest BCUT2D eigenvalue weighted by Gasteiger charge is -2.42. The predicted molar refractivity (Wildman–Crippen MR) is 105 cm³/mol. The molecule has 0 bridgehead atoms. The van der Waals surface area contributed by atoms with Crippen molar-refractivity contribution in [2.24, 2.45) is 11.1 Å². The topological polar surface area (TPSA) is 49.6 Å². The second-order valence-corrected chi connectivity index (χ2v) is 7.73. The van der Waals surface area contributed by atoms with Crippen molar-refractivity contribution < 1.29 is 4.79 Å². The molecule has 0 saturated carbocycles. The summed E-state index contributed by atoms with van der Waals surface area (Å²) in [6.07, 6.45) is 0.945. The Bertz CT molecular complexity index is 750. The number of nitrogens with two attached hydrogens (primary N) is 1. The van der Waals surface area contributed by atoms with Gasteiger partial charge in [0.15, 0.2) is 0 Å². The number of carbonyl (C=O) groups excluding carboxylic acids is 1. The second-order valence-electron chi connectivity index (χ2n) is 7.73. The summed E-state index contributed by atoms with van der Waals surface area (Å²) in [4.78, 5) is 17.2. The van der Waals surface area contributed by atoms with E-state index in [1.165, 1.54) is 0 Å². The molecule has 0 aromatic heterocycles. The first-order valence-corrected chi connectivity index (χ1v) is 9.18. The van der Waals surface area contributed by atoms with Crippen LogP contribution in [0.15, 0.2) is 42.5 Å². The molecule has 1 amide bonds. The van der Waals surface area contributed by atoms with Crippen molar-refractivity contribution in [3.8, 4) is 0 Å². The molecule has 1 heterocycles. The Morgan fingerprint density at radius 3 is 2.68 bits per heavy atom. The van der Waals surface area contributed by atoms with Crippen LogP contribution in [-0.2, 0) is 4.79 Å². The number of hydrogen-bond acceptors (Lipinski definition) is 3. The molecule has 0 spiro atoms. The van der Waals surface area contributed by atoms with E-state index in [-0.39, 0.29) is 17.4 Å². The van der Waals surface area contributed by atoms with Crippen molar-refractivity contribution in [2.75, 3.05) is 31.1 Å². The molecule has 0 aliphatic carbocycles. The monoisotopic (exact) mass is 339 g/mol. The highest BCUT2D eigenvalue weighted by Crippen LogP contribution is 2.29. The number of nitrogens with zero attached hydrogens (tertiary/aromatic N) is 2. The summed E-state index contributed by atoms with van der Waals surface area (Å²) in [6, 6.07) is 14.6. The summed E-state index contributed by atoms with van der Waals surface area (Å²) < 4.78 is 0. The van der Waals surface area contributed by atoms with Crippen molar-refractivity contribution in [3.63, 3.8) is 0 Å². The van der Waals surface area contributed by atoms with Crippen LogP contribution in [0.1, 0.15) is 27.2 Å². The van der Waals surface area contributed by atoms with Crippen molar-refractivity contribution in [1.29, 1.82) is 0 Å². The van der Waals surface area contributed by atoms with Crippen LogP contribution in [0, 0.1) is 5.41 Å². The van der Waals surface area contributed by atoms with Gasteiger partial charge in [-0.3, -0.25) is 9.69 Å². The fourth-order valence-electron chi connectivity index (χ4n) is 3.82. The van der Waals surface area contributed by atoms with Gasteiger partial charge in [0.1, 0.15) is 0 Å². The van der Waals surface area contributed by atoms with Crippen LogP contribution in [-0.4, -0.2) is 43.0 Å². The summed E-state index contributed by atoms with van der Waals surface area (Å²) in [7, 11) is 0. The standard InChI is InChI=1S/C21H29N3O/c1-4-24(18-11-7-9-16-8-5-6-10-17(16)18)20(25)14-23-13-12-19(22)21(2,3)15-23/h5-11,19H,4,12-15,22H2,1-3H3. The van der Waals surface area contributed by atoms with E-state index >= 15 is 0 Å². The lowest BCUT2D eigenvalue weighted by molar-refractivity contribution is -0.120. The van der Waals surface area contributed by atoms with Crippen molar-refractivity contribution in [3.05, 3.63) is 42.5 Å². The van der Waals surface area contributed by atoms with Gasteiger partial charge >= 0.3 is 0 Å². The number of benzene rings is 2. The summed E-state index contributed by atoms with van der Waals surface area (Å²) in [6.45, 7) is 9.30. The van der Waals surface area contributed by atoms with Gasteiger partial charge in [-0.25, -0.2) is 0 Å². The van der Waals surface area contributed by atoms with Crippen molar-refractivity contribution in [1.82, 2.24) is 4.90 Å². The molecule has 4 heteroatoms. The SMILES string of the molecule is CCN(C(=O)CN1CCC(N)C(C)(C)C1)c1cccc2ccccc12. The first-order chi connectivity index (χ1) is 11.9. The Balaban J connectivity index is 1.80. The number of fused-ring (bicyclic) bond motifs is 1. The van der Waals surface area contributed by atoms with Crippen LogP contribution in [0.5, 0.6) is 0 Å². The van der Waals surface area contributed by atoms with Gasteiger partial charge in [-0.1, -0.05) is 50.2 Å². The van der Waals surface area contributed by atoms with Crippen LogP contribution in [0.3, 0.4) is 0 Å². The molecule has 2 aromatic rings. The molecule has 25 heavy (non-hydrogen) atoms. The number of amides is 1. The molecule has 1 saturated heterocycles. The highest BCUT2D eigenvalue weighted by Gasteiger charge is 2.34. The smallest absolute Gasteiger partial charge is 0.241 e. The van der Waals surface area contributed by atoms with Gasteiger partial charge < -0.3 is 10.6 Å². The van der Waals surface area contributed by atoms with Gasteiger partial charge in [0.25, 0.3) is 0 Å². The molecule has 2 N–H and O–H groups in total. The molecule has 3 rings (SSSR count). The number of likely N-dealkylation sites (N-methyl/N-ethyl adjacent to an activating group) is 1. The Labute approximate surface area is 150 Å². The minimum Gasteiger partial charge on any atom is -0.327 e. The molecule has 1 aliphatic rings. The molecule has 2 aromatic carbocycles. The van der Waals surface area contributed by atoms with E-state index in [1.807, 2.05) is 36.1 Å². The molecule has 134 valence electrons. The van der Waals surface area contributed by atoms with E-state index < -0.39 is 0 Å². The van der Waals surface area contributed by atoms with Gasteiger partial charge in [-0.15, -0.1) is 0 Å². The molecule has 1 unspecified atom stereocenters. The van der Waals surface area contributed by atoms with Crippen LogP contribution in [0.4, 0.5) is 5.69 Å². The maximum atomic E-state index is 13.0. The van der Waals surface area contributed by atoms with Gasteiger partial charge in [0.2, 0.25) is 5.91 Å². The first-order valence-electron chi connectivity index (χ1n) is 9.18. The number of hydrogen-bond donors (Lipinski definition) is 1. The zero-order valence-corrected chi connectivity index (χ0v) is 15.5. The Kier molecular flexibility index (Phi) is 5.11. The third kappa shape index (κ3) is 3.70. The molecule has 1 atom stereocenters. The third-order valence-electron chi connectivity index (χ3n) is 5.42. The maximum absolute atomic E-state index is 13.0. The molecule has 4 nitrogen and oxygen atoms in total. The van der Waals surface area contributed by atoms with Gasteiger partial charge in [0, 0.05) is 31.1 Å². The number of piperidine rings is 1. The Morgan fingerprint density at radius 2 is 1.96 bits per heavy atom.